The molecular weight excluding hydrogens is 144 g/mol. The maximum atomic E-state index is 2.43. The Morgan fingerprint density at radius 2 is 2.08 bits per heavy atom. The van der Waals surface area contributed by atoms with Crippen molar-refractivity contribution in [2.24, 2.45) is 11.3 Å². The summed E-state index contributed by atoms with van der Waals surface area (Å²) in [5.41, 5.74) is 3.86. The minimum atomic E-state index is 0.578. The van der Waals surface area contributed by atoms with Gasteiger partial charge in [-0.2, -0.15) is 0 Å². The number of hydrogen-bond donors (Lipinski definition) is 0. The molecule has 0 saturated heterocycles. The van der Waals surface area contributed by atoms with Crippen LogP contribution in [-0.4, -0.2) is 0 Å². The molecule has 1 aliphatic rings. The second-order valence-corrected chi connectivity index (χ2v) is 4.76. The van der Waals surface area contributed by atoms with Gasteiger partial charge in [0.25, 0.3) is 0 Å². The van der Waals surface area contributed by atoms with Crippen LogP contribution in [0.4, 0.5) is 0 Å². The predicted octanol–water partition coefficient (Wildman–Crippen LogP) is 4.17. The summed E-state index contributed by atoms with van der Waals surface area (Å²) in [6, 6.07) is 0. The lowest BCUT2D eigenvalue weighted by Crippen LogP contribution is -2.08. The van der Waals surface area contributed by atoms with E-state index in [0.717, 1.165) is 5.92 Å². The summed E-state index contributed by atoms with van der Waals surface area (Å²) in [5.74, 6) is 0.882. The first kappa shape index (κ1) is 9.83. The summed E-state index contributed by atoms with van der Waals surface area (Å²) in [7, 11) is 0. The third-order valence-corrected chi connectivity index (χ3v) is 3.52. The molecule has 0 nitrogen and oxygen atoms in total. The molecule has 0 radical (unpaired) electrons. The Labute approximate surface area is 77.1 Å². The van der Waals surface area contributed by atoms with Crippen molar-refractivity contribution < 1.29 is 0 Å². The quantitative estimate of drug-likeness (QED) is 0.552. The van der Waals surface area contributed by atoms with Crippen LogP contribution in [0.3, 0.4) is 0 Å². The van der Waals surface area contributed by atoms with Gasteiger partial charge in [-0.25, -0.2) is 0 Å². The molecule has 1 fully saturated rings. The molecule has 70 valence electrons. The fraction of sp³-hybridized carbons (Fsp3) is 0.833. The Morgan fingerprint density at radius 1 is 1.50 bits per heavy atom. The summed E-state index contributed by atoms with van der Waals surface area (Å²) in [5, 5.41) is 0. The van der Waals surface area contributed by atoms with Crippen molar-refractivity contribution in [2.45, 2.75) is 53.9 Å². The third kappa shape index (κ3) is 1.57. The van der Waals surface area contributed by atoms with Crippen LogP contribution in [0, 0.1) is 11.3 Å². The molecule has 0 spiro atoms. The van der Waals surface area contributed by atoms with Gasteiger partial charge in [-0.1, -0.05) is 44.8 Å². The Morgan fingerprint density at radius 3 is 2.42 bits per heavy atom. The predicted molar refractivity (Wildman–Crippen MR) is 55.2 cm³/mol. The molecule has 0 aromatic rings. The monoisotopic (exact) mass is 166 g/mol. The van der Waals surface area contributed by atoms with Gasteiger partial charge in [-0.15, -0.1) is 0 Å². The van der Waals surface area contributed by atoms with Crippen molar-refractivity contribution in [1.82, 2.24) is 0 Å². The van der Waals surface area contributed by atoms with Gasteiger partial charge in [-0.3, -0.25) is 0 Å². The van der Waals surface area contributed by atoms with Crippen LogP contribution < -0.4 is 0 Å². The largest absolute Gasteiger partial charge is 0.0766 e. The first-order valence-electron chi connectivity index (χ1n) is 5.19. The topological polar surface area (TPSA) is 0 Å². The maximum absolute atomic E-state index is 2.43. The Balaban J connectivity index is 2.61. The molecule has 0 bridgehead atoms. The maximum Gasteiger partial charge on any atom is -0.00506 e. The molecule has 0 N–H and O–H groups in total. The Hall–Kier alpha value is -0.260. The van der Waals surface area contributed by atoms with E-state index in [1.807, 2.05) is 0 Å². The van der Waals surface area contributed by atoms with Crippen molar-refractivity contribution in [3.63, 3.8) is 0 Å². The van der Waals surface area contributed by atoms with E-state index in [-0.39, 0.29) is 0 Å². The zero-order valence-electron chi connectivity index (χ0n) is 9.20. The van der Waals surface area contributed by atoms with Crippen molar-refractivity contribution >= 4 is 0 Å². The van der Waals surface area contributed by atoms with Crippen LogP contribution in [0.15, 0.2) is 11.1 Å². The van der Waals surface area contributed by atoms with Crippen LogP contribution in [0.1, 0.15) is 53.9 Å². The van der Waals surface area contributed by atoms with Gasteiger partial charge in [0, 0.05) is 0 Å². The van der Waals surface area contributed by atoms with Gasteiger partial charge >= 0.3 is 0 Å². The van der Waals surface area contributed by atoms with Gasteiger partial charge in [0.1, 0.15) is 0 Å². The van der Waals surface area contributed by atoms with E-state index in [2.05, 4.69) is 34.6 Å². The molecule has 2 atom stereocenters. The van der Waals surface area contributed by atoms with E-state index >= 15 is 0 Å². The van der Waals surface area contributed by atoms with E-state index in [1.165, 1.54) is 19.3 Å². The molecule has 0 aliphatic heterocycles. The highest BCUT2D eigenvalue weighted by Gasteiger charge is 2.47. The smallest absolute Gasteiger partial charge is 0.00506 e. The van der Waals surface area contributed by atoms with Crippen molar-refractivity contribution in [1.29, 1.82) is 0 Å². The fourth-order valence-corrected chi connectivity index (χ4v) is 2.29. The highest BCUT2D eigenvalue weighted by atomic mass is 14.5. The van der Waals surface area contributed by atoms with Crippen LogP contribution >= 0.6 is 0 Å². The Bertz CT molecular complexity index is 196. The van der Waals surface area contributed by atoms with Crippen LogP contribution in [-0.2, 0) is 0 Å². The third-order valence-electron chi connectivity index (χ3n) is 3.52. The molecule has 1 aliphatic carbocycles. The first-order chi connectivity index (χ1) is 5.52. The van der Waals surface area contributed by atoms with E-state index in [1.54, 1.807) is 11.1 Å². The van der Waals surface area contributed by atoms with Gasteiger partial charge in [0.2, 0.25) is 0 Å². The van der Waals surface area contributed by atoms with Crippen molar-refractivity contribution in [2.75, 3.05) is 0 Å². The fourth-order valence-electron chi connectivity index (χ4n) is 2.29. The minimum absolute atomic E-state index is 0.578. The molecule has 1 saturated carbocycles. The summed E-state index contributed by atoms with van der Waals surface area (Å²) < 4.78 is 0. The summed E-state index contributed by atoms with van der Waals surface area (Å²) in [6.45, 7) is 11.6. The van der Waals surface area contributed by atoms with Crippen LogP contribution in [0.25, 0.3) is 0 Å². The highest BCUT2D eigenvalue weighted by molar-refractivity contribution is 5.35. The highest BCUT2D eigenvalue weighted by Crippen LogP contribution is 2.59. The molecule has 1 rings (SSSR count). The first-order valence-corrected chi connectivity index (χ1v) is 5.19. The number of allylic oxidation sites excluding steroid dienone is 2. The van der Waals surface area contributed by atoms with Gasteiger partial charge in [0.15, 0.2) is 0 Å². The SMILES string of the molecule is CCCC(C)C1(C)CC1=C(C)C. The number of hydrogen-bond acceptors (Lipinski definition) is 0. The number of rotatable bonds is 3. The summed E-state index contributed by atoms with van der Waals surface area (Å²) >= 11 is 0. The normalized spacial score (nSPS) is 30.2. The minimum Gasteiger partial charge on any atom is -0.0766 e. The molecule has 0 aromatic carbocycles. The van der Waals surface area contributed by atoms with Gasteiger partial charge in [0.05, 0.1) is 0 Å². The molecular formula is C12H22. The molecule has 12 heavy (non-hydrogen) atoms. The van der Waals surface area contributed by atoms with Crippen LogP contribution in [0.2, 0.25) is 0 Å². The van der Waals surface area contributed by atoms with Crippen LogP contribution in [0.5, 0.6) is 0 Å². The molecule has 0 heteroatoms. The lowest BCUT2D eigenvalue weighted by atomic mass is 9.87. The average Bonchev–Trinajstić information content (AvgIpc) is 2.65. The molecule has 0 aromatic heterocycles. The lowest BCUT2D eigenvalue weighted by Gasteiger charge is -2.17. The van der Waals surface area contributed by atoms with E-state index in [9.17, 15) is 0 Å². The van der Waals surface area contributed by atoms with Gasteiger partial charge in [-0.05, 0) is 31.6 Å². The molecule has 2 unspecified atom stereocenters. The second kappa shape index (κ2) is 3.24. The Kier molecular flexibility index (Phi) is 2.65. The van der Waals surface area contributed by atoms with Crippen molar-refractivity contribution in [3.8, 4) is 0 Å². The van der Waals surface area contributed by atoms with Gasteiger partial charge < -0.3 is 0 Å². The summed E-state index contributed by atoms with van der Waals surface area (Å²) in [4.78, 5) is 0. The van der Waals surface area contributed by atoms with Crippen molar-refractivity contribution in [3.05, 3.63) is 11.1 Å². The van der Waals surface area contributed by atoms with E-state index in [4.69, 9.17) is 0 Å². The van der Waals surface area contributed by atoms with E-state index in [0.29, 0.717) is 5.41 Å². The summed E-state index contributed by atoms with van der Waals surface area (Å²) in [6.07, 6.45) is 4.07. The lowest BCUT2D eigenvalue weighted by molar-refractivity contribution is 0.356. The zero-order valence-corrected chi connectivity index (χ0v) is 9.20. The standard InChI is InChI=1S/C12H22/c1-6-7-10(4)12(5)8-11(12)9(2)3/h10H,6-8H2,1-5H3. The molecule has 0 heterocycles. The molecule has 0 amide bonds. The zero-order chi connectivity index (χ0) is 9.35. The average molecular weight is 166 g/mol. The second-order valence-electron chi connectivity index (χ2n) is 4.76. The van der Waals surface area contributed by atoms with E-state index < -0.39 is 0 Å².